The first-order valence-electron chi connectivity index (χ1n) is 6.77. The van der Waals surface area contributed by atoms with E-state index in [1.54, 1.807) is 0 Å². The van der Waals surface area contributed by atoms with E-state index in [2.05, 4.69) is 42.3 Å². The molecule has 0 radical (unpaired) electrons. The molecule has 1 N–H and O–H groups in total. The van der Waals surface area contributed by atoms with Gasteiger partial charge in [0, 0.05) is 31.5 Å². The first kappa shape index (κ1) is 14.4. The first-order chi connectivity index (χ1) is 9.47. The highest BCUT2D eigenvalue weighted by molar-refractivity contribution is 5.60. The summed E-state index contributed by atoms with van der Waals surface area (Å²) in [6.07, 6.45) is 0. The van der Waals surface area contributed by atoms with Crippen LogP contribution < -0.4 is 10.2 Å². The molecule has 0 aliphatic carbocycles. The van der Waals surface area contributed by atoms with Crippen LogP contribution in [0.15, 0.2) is 42.5 Å². The van der Waals surface area contributed by atoms with Crippen molar-refractivity contribution in [2.45, 2.75) is 19.9 Å². The molecule has 0 saturated heterocycles. The number of halogens is 1. The fraction of sp³-hybridized carbons (Fsp3) is 0.294. The van der Waals surface area contributed by atoms with E-state index in [1.807, 2.05) is 26.2 Å². The van der Waals surface area contributed by atoms with Crippen LogP contribution in [0.1, 0.15) is 24.1 Å². The molecule has 2 nitrogen and oxygen atoms in total. The number of nitrogens with one attached hydrogen (secondary N) is 1. The van der Waals surface area contributed by atoms with Crippen molar-refractivity contribution in [1.82, 2.24) is 0 Å². The third kappa shape index (κ3) is 3.29. The normalized spacial score (nSPS) is 12.1. The molecule has 0 aromatic heterocycles. The van der Waals surface area contributed by atoms with Gasteiger partial charge in [-0.2, -0.15) is 0 Å². The Bertz CT molecular complexity index is 576. The van der Waals surface area contributed by atoms with Crippen LogP contribution in [-0.2, 0) is 0 Å². The maximum Gasteiger partial charge on any atom is 0.123 e. The highest BCUT2D eigenvalue weighted by atomic mass is 19.1. The molecule has 0 saturated carbocycles. The van der Waals surface area contributed by atoms with Crippen LogP contribution in [0.5, 0.6) is 0 Å². The predicted molar refractivity (Wildman–Crippen MR) is 83.9 cm³/mol. The van der Waals surface area contributed by atoms with Crippen molar-refractivity contribution < 1.29 is 4.39 Å². The summed E-state index contributed by atoms with van der Waals surface area (Å²) in [6.45, 7) is 4.17. The lowest BCUT2D eigenvalue weighted by Crippen LogP contribution is -2.11. The van der Waals surface area contributed by atoms with Crippen molar-refractivity contribution >= 4 is 11.4 Å². The molecular formula is C17H21FN2. The van der Waals surface area contributed by atoms with E-state index in [9.17, 15) is 4.39 Å². The smallest absolute Gasteiger partial charge is 0.123 e. The predicted octanol–water partition coefficient (Wildman–Crippen LogP) is 4.37. The summed E-state index contributed by atoms with van der Waals surface area (Å²) in [5.41, 5.74) is 4.56. The maximum atomic E-state index is 12.9. The third-order valence-corrected chi connectivity index (χ3v) is 3.47. The highest BCUT2D eigenvalue weighted by Crippen LogP contribution is 2.25. The molecule has 2 rings (SSSR count). The van der Waals surface area contributed by atoms with Gasteiger partial charge in [-0.3, -0.25) is 0 Å². The topological polar surface area (TPSA) is 15.3 Å². The number of nitrogens with zero attached hydrogens (tertiary/aromatic N) is 1. The Labute approximate surface area is 120 Å². The fourth-order valence-electron chi connectivity index (χ4n) is 2.16. The van der Waals surface area contributed by atoms with Crippen LogP contribution in [0, 0.1) is 12.7 Å². The van der Waals surface area contributed by atoms with Crippen molar-refractivity contribution in [3.05, 3.63) is 59.4 Å². The lowest BCUT2D eigenvalue weighted by molar-refractivity contribution is 0.626. The number of aryl methyl sites for hydroxylation is 1. The molecule has 0 fully saturated rings. The zero-order chi connectivity index (χ0) is 14.7. The minimum Gasteiger partial charge on any atom is -0.378 e. The van der Waals surface area contributed by atoms with E-state index < -0.39 is 0 Å². The molecular weight excluding hydrogens is 251 g/mol. The van der Waals surface area contributed by atoms with Gasteiger partial charge in [-0.25, -0.2) is 4.39 Å². The van der Waals surface area contributed by atoms with E-state index in [0.717, 1.165) is 11.3 Å². The van der Waals surface area contributed by atoms with E-state index in [1.165, 1.54) is 23.4 Å². The summed E-state index contributed by atoms with van der Waals surface area (Å²) < 4.78 is 12.9. The van der Waals surface area contributed by atoms with Crippen molar-refractivity contribution in [3.63, 3.8) is 0 Å². The Balaban J connectivity index is 2.15. The number of hydrogen-bond donors (Lipinski definition) is 1. The van der Waals surface area contributed by atoms with Gasteiger partial charge in [-0.05, 0) is 55.3 Å². The van der Waals surface area contributed by atoms with Crippen molar-refractivity contribution in [2.75, 3.05) is 24.3 Å². The molecule has 0 aliphatic heterocycles. The van der Waals surface area contributed by atoms with Crippen molar-refractivity contribution in [1.29, 1.82) is 0 Å². The van der Waals surface area contributed by atoms with Crippen LogP contribution >= 0.6 is 0 Å². The Hall–Kier alpha value is -2.03. The Morgan fingerprint density at radius 1 is 1.05 bits per heavy atom. The van der Waals surface area contributed by atoms with Crippen LogP contribution in [0.25, 0.3) is 0 Å². The zero-order valence-corrected chi connectivity index (χ0v) is 12.4. The average molecular weight is 272 g/mol. The highest BCUT2D eigenvalue weighted by Gasteiger charge is 2.08. The van der Waals surface area contributed by atoms with Gasteiger partial charge in [0.05, 0.1) is 0 Å². The quantitative estimate of drug-likeness (QED) is 0.889. The lowest BCUT2D eigenvalue weighted by atomic mass is 10.1. The molecule has 2 aromatic carbocycles. The molecule has 20 heavy (non-hydrogen) atoms. The molecule has 106 valence electrons. The number of rotatable bonds is 4. The largest absolute Gasteiger partial charge is 0.378 e. The summed E-state index contributed by atoms with van der Waals surface area (Å²) in [4.78, 5) is 2.08. The minimum atomic E-state index is -0.201. The number of anilines is 2. The van der Waals surface area contributed by atoms with E-state index >= 15 is 0 Å². The van der Waals surface area contributed by atoms with Crippen LogP contribution in [0.3, 0.4) is 0 Å². The first-order valence-corrected chi connectivity index (χ1v) is 6.77. The second-order valence-electron chi connectivity index (χ2n) is 5.31. The summed E-state index contributed by atoms with van der Waals surface area (Å²) in [6, 6.07) is 13.1. The Morgan fingerprint density at radius 3 is 2.25 bits per heavy atom. The molecule has 0 aliphatic rings. The Kier molecular flexibility index (Phi) is 4.28. The molecule has 3 heteroatoms. The van der Waals surface area contributed by atoms with E-state index in [4.69, 9.17) is 0 Å². The minimum absolute atomic E-state index is 0.138. The summed E-state index contributed by atoms with van der Waals surface area (Å²) in [7, 11) is 4.06. The van der Waals surface area contributed by atoms with Gasteiger partial charge in [-0.15, -0.1) is 0 Å². The van der Waals surface area contributed by atoms with Gasteiger partial charge >= 0.3 is 0 Å². The standard InChI is InChI=1S/C17H21FN2/c1-12-11-16(20(3)4)9-10-17(12)19-13(2)14-5-7-15(18)8-6-14/h5-11,13,19H,1-4H3. The number of hydrogen-bond acceptors (Lipinski definition) is 2. The Morgan fingerprint density at radius 2 is 1.70 bits per heavy atom. The van der Waals surface area contributed by atoms with E-state index in [-0.39, 0.29) is 11.9 Å². The molecule has 1 atom stereocenters. The maximum absolute atomic E-state index is 12.9. The number of benzene rings is 2. The van der Waals surface area contributed by atoms with Crippen molar-refractivity contribution in [3.8, 4) is 0 Å². The van der Waals surface area contributed by atoms with Gasteiger partial charge in [0.1, 0.15) is 5.82 Å². The fourth-order valence-corrected chi connectivity index (χ4v) is 2.16. The molecule has 0 heterocycles. The second-order valence-corrected chi connectivity index (χ2v) is 5.31. The van der Waals surface area contributed by atoms with E-state index in [0.29, 0.717) is 0 Å². The van der Waals surface area contributed by atoms with Gasteiger partial charge in [0.2, 0.25) is 0 Å². The van der Waals surface area contributed by atoms with Gasteiger partial charge in [-0.1, -0.05) is 12.1 Å². The van der Waals surface area contributed by atoms with Gasteiger partial charge in [0.25, 0.3) is 0 Å². The second kappa shape index (κ2) is 5.95. The SMILES string of the molecule is Cc1cc(N(C)C)ccc1NC(C)c1ccc(F)cc1. The summed E-state index contributed by atoms with van der Waals surface area (Å²) in [5, 5.41) is 3.47. The molecule has 2 aromatic rings. The molecule has 0 amide bonds. The molecule has 0 bridgehead atoms. The monoisotopic (exact) mass is 272 g/mol. The van der Waals surface area contributed by atoms with Crippen molar-refractivity contribution in [2.24, 2.45) is 0 Å². The van der Waals surface area contributed by atoms with Crippen LogP contribution in [-0.4, -0.2) is 14.1 Å². The summed E-state index contributed by atoms with van der Waals surface area (Å²) >= 11 is 0. The van der Waals surface area contributed by atoms with Crippen LogP contribution in [0.2, 0.25) is 0 Å². The van der Waals surface area contributed by atoms with Gasteiger partial charge in [0.15, 0.2) is 0 Å². The van der Waals surface area contributed by atoms with Crippen LogP contribution in [0.4, 0.5) is 15.8 Å². The average Bonchev–Trinajstić information content (AvgIpc) is 2.41. The third-order valence-electron chi connectivity index (χ3n) is 3.47. The summed E-state index contributed by atoms with van der Waals surface area (Å²) in [5.74, 6) is -0.201. The zero-order valence-electron chi connectivity index (χ0n) is 12.4. The molecule has 1 unspecified atom stereocenters. The lowest BCUT2D eigenvalue weighted by Gasteiger charge is -2.20. The molecule has 0 spiro atoms. The van der Waals surface area contributed by atoms with Gasteiger partial charge < -0.3 is 10.2 Å².